The molecular weight excluding hydrogens is 520 g/mol. The van der Waals surface area contributed by atoms with E-state index in [0.29, 0.717) is 19.4 Å². The molecule has 0 atom stereocenters. The van der Waals surface area contributed by atoms with Crippen LogP contribution in [0.2, 0.25) is 0 Å². The van der Waals surface area contributed by atoms with Gasteiger partial charge in [-0.2, -0.15) is 0 Å². The van der Waals surface area contributed by atoms with Gasteiger partial charge in [-0.05, 0) is 51.9 Å². The van der Waals surface area contributed by atoms with Crippen LogP contribution in [0.3, 0.4) is 0 Å². The molecule has 0 amide bonds. The number of unbranched alkanes of at least 4 members (excludes halogenated alkanes) is 1. The zero-order valence-electron chi connectivity index (χ0n) is 23.6. The maximum absolute atomic E-state index is 11.9. The van der Waals surface area contributed by atoms with Crippen LogP contribution in [0.4, 0.5) is 0 Å². The SMILES string of the molecule is C=C(CO)C(=O)OCCc1cc(CCOC(=O)C(=C)CO)cc(-c2ccc(-c3ccc(OCCCC)cc3)cc2)c1. The zero-order chi connectivity index (χ0) is 29.6. The third-order valence-corrected chi connectivity index (χ3v) is 6.43. The lowest BCUT2D eigenvalue weighted by molar-refractivity contribution is -0.140. The van der Waals surface area contributed by atoms with Crippen molar-refractivity contribution in [3.8, 4) is 28.0 Å². The Morgan fingerprint density at radius 1 is 0.659 bits per heavy atom. The monoisotopic (exact) mass is 558 g/mol. The molecule has 216 valence electrons. The molecule has 41 heavy (non-hydrogen) atoms. The van der Waals surface area contributed by atoms with Crippen LogP contribution in [0.25, 0.3) is 22.3 Å². The highest BCUT2D eigenvalue weighted by Crippen LogP contribution is 2.28. The van der Waals surface area contributed by atoms with E-state index in [0.717, 1.165) is 52.0 Å². The quantitative estimate of drug-likeness (QED) is 0.137. The van der Waals surface area contributed by atoms with E-state index in [4.69, 9.17) is 24.4 Å². The summed E-state index contributed by atoms with van der Waals surface area (Å²) in [7, 11) is 0. The van der Waals surface area contributed by atoms with Gasteiger partial charge in [0, 0.05) is 12.8 Å². The lowest BCUT2D eigenvalue weighted by atomic mass is 9.95. The number of aliphatic hydroxyl groups is 2. The Labute approximate surface area is 241 Å². The number of carbonyl (C=O) groups excluding carboxylic acids is 2. The number of ether oxygens (including phenoxy) is 3. The van der Waals surface area contributed by atoms with E-state index in [1.54, 1.807) is 0 Å². The molecule has 0 unspecified atom stereocenters. The van der Waals surface area contributed by atoms with Gasteiger partial charge < -0.3 is 24.4 Å². The molecule has 7 nitrogen and oxygen atoms in total. The Bertz CT molecular complexity index is 1270. The van der Waals surface area contributed by atoms with Crippen molar-refractivity contribution in [3.63, 3.8) is 0 Å². The topological polar surface area (TPSA) is 102 Å². The first-order chi connectivity index (χ1) is 19.8. The predicted molar refractivity (Wildman–Crippen MR) is 159 cm³/mol. The van der Waals surface area contributed by atoms with E-state index in [1.807, 2.05) is 30.3 Å². The van der Waals surface area contributed by atoms with Crippen LogP contribution in [-0.2, 0) is 31.9 Å². The molecule has 2 N–H and O–H groups in total. The predicted octanol–water partition coefficient (Wildman–Crippen LogP) is 5.47. The number of rotatable bonds is 16. The average Bonchev–Trinajstić information content (AvgIpc) is 3.00. The Kier molecular flexibility index (Phi) is 12.3. The van der Waals surface area contributed by atoms with Crippen molar-refractivity contribution in [3.05, 3.63) is 102 Å². The average molecular weight is 559 g/mol. The highest BCUT2D eigenvalue weighted by atomic mass is 16.5. The minimum absolute atomic E-state index is 0.00414. The molecule has 0 aromatic heterocycles. The summed E-state index contributed by atoms with van der Waals surface area (Å²) in [5.41, 5.74) is 6.04. The van der Waals surface area contributed by atoms with E-state index in [-0.39, 0.29) is 24.4 Å². The lowest BCUT2D eigenvalue weighted by Crippen LogP contribution is -2.13. The van der Waals surface area contributed by atoms with E-state index >= 15 is 0 Å². The molecule has 3 aromatic carbocycles. The fourth-order valence-electron chi connectivity index (χ4n) is 4.01. The van der Waals surface area contributed by atoms with Crippen molar-refractivity contribution in [2.45, 2.75) is 32.6 Å². The molecule has 0 aliphatic carbocycles. The number of aliphatic hydroxyl groups excluding tert-OH is 2. The second kappa shape index (κ2) is 16.2. The molecule has 0 aliphatic rings. The summed E-state index contributed by atoms with van der Waals surface area (Å²) in [6.07, 6.45) is 3.03. The maximum atomic E-state index is 11.9. The van der Waals surface area contributed by atoms with Crippen molar-refractivity contribution in [1.82, 2.24) is 0 Å². The van der Waals surface area contributed by atoms with Crippen molar-refractivity contribution in [2.24, 2.45) is 0 Å². The minimum atomic E-state index is -0.629. The van der Waals surface area contributed by atoms with E-state index in [1.165, 1.54) is 0 Å². The van der Waals surface area contributed by atoms with Crippen molar-refractivity contribution < 1.29 is 34.0 Å². The standard InChI is InChI=1S/C34H38O7/c1-4-5-16-39-32-12-10-29(11-13-32)28-6-8-30(9-7-28)31-20-26(14-17-40-33(37)24(2)22-35)19-27(21-31)15-18-41-34(38)25(3)23-36/h6-13,19-21,35-36H,2-5,14-18,22-23H2,1H3. The fraction of sp³-hybridized carbons (Fsp3) is 0.294. The van der Waals surface area contributed by atoms with Crippen LogP contribution >= 0.6 is 0 Å². The Morgan fingerprint density at radius 2 is 1.10 bits per heavy atom. The van der Waals surface area contributed by atoms with Crippen LogP contribution in [0.15, 0.2) is 91.0 Å². The summed E-state index contributed by atoms with van der Waals surface area (Å²) in [6.45, 7) is 9.18. The van der Waals surface area contributed by atoms with Gasteiger partial charge in [-0.1, -0.05) is 81.1 Å². The summed E-state index contributed by atoms with van der Waals surface area (Å²) in [6, 6.07) is 22.4. The summed E-state index contributed by atoms with van der Waals surface area (Å²) in [4.78, 5) is 23.7. The molecule has 7 heteroatoms. The third kappa shape index (κ3) is 9.74. The summed E-state index contributed by atoms with van der Waals surface area (Å²) in [5, 5.41) is 18.1. The molecule has 3 aromatic rings. The van der Waals surface area contributed by atoms with Gasteiger partial charge in [0.15, 0.2) is 0 Å². The lowest BCUT2D eigenvalue weighted by Gasteiger charge is -2.12. The maximum Gasteiger partial charge on any atom is 0.335 e. The zero-order valence-corrected chi connectivity index (χ0v) is 23.6. The van der Waals surface area contributed by atoms with Crippen molar-refractivity contribution >= 4 is 11.9 Å². The van der Waals surface area contributed by atoms with E-state index < -0.39 is 25.2 Å². The number of hydrogen-bond donors (Lipinski definition) is 2. The van der Waals surface area contributed by atoms with Gasteiger partial charge in [-0.15, -0.1) is 0 Å². The van der Waals surface area contributed by atoms with Crippen molar-refractivity contribution in [1.29, 1.82) is 0 Å². The van der Waals surface area contributed by atoms with Crippen LogP contribution in [-0.4, -0.2) is 55.2 Å². The van der Waals surface area contributed by atoms with Gasteiger partial charge in [0.05, 0.1) is 44.2 Å². The van der Waals surface area contributed by atoms with E-state index in [2.05, 4.69) is 56.5 Å². The number of hydrogen-bond acceptors (Lipinski definition) is 7. The molecule has 0 aliphatic heterocycles. The minimum Gasteiger partial charge on any atom is -0.494 e. The van der Waals surface area contributed by atoms with Gasteiger partial charge in [0.1, 0.15) is 5.75 Å². The molecule has 0 bridgehead atoms. The number of esters is 2. The Balaban J connectivity index is 1.76. The second-order valence-electron chi connectivity index (χ2n) is 9.64. The third-order valence-electron chi connectivity index (χ3n) is 6.43. The van der Waals surface area contributed by atoms with Crippen LogP contribution in [0.1, 0.15) is 30.9 Å². The summed E-state index contributed by atoms with van der Waals surface area (Å²) in [5.74, 6) is -0.395. The van der Waals surface area contributed by atoms with E-state index in [9.17, 15) is 9.59 Å². The first-order valence-electron chi connectivity index (χ1n) is 13.7. The van der Waals surface area contributed by atoms with Gasteiger partial charge in [-0.25, -0.2) is 9.59 Å². The van der Waals surface area contributed by atoms with Gasteiger partial charge in [0.2, 0.25) is 0 Å². The van der Waals surface area contributed by atoms with Crippen LogP contribution in [0, 0.1) is 0 Å². The molecule has 3 rings (SSSR count). The highest BCUT2D eigenvalue weighted by molar-refractivity contribution is 5.88. The molecular formula is C34H38O7. The normalized spacial score (nSPS) is 10.6. The molecule has 0 radical (unpaired) electrons. The summed E-state index contributed by atoms with van der Waals surface area (Å²) < 4.78 is 16.2. The largest absolute Gasteiger partial charge is 0.494 e. The fourth-order valence-corrected chi connectivity index (χ4v) is 4.01. The molecule has 0 saturated heterocycles. The smallest absolute Gasteiger partial charge is 0.335 e. The molecule has 0 fully saturated rings. The second-order valence-corrected chi connectivity index (χ2v) is 9.64. The molecule has 0 heterocycles. The first-order valence-corrected chi connectivity index (χ1v) is 13.7. The van der Waals surface area contributed by atoms with Crippen LogP contribution in [0.5, 0.6) is 5.75 Å². The number of carbonyl (C=O) groups is 2. The molecule has 0 saturated carbocycles. The summed E-state index contributed by atoms with van der Waals surface area (Å²) >= 11 is 0. The first kappa shape index (κ1) is 31.3. The van der Waals surface area contributed by atoms with Gasteiger partial charge >= 0.3 is 11.9 Å². The van der Waals surface area contributed by atoms with Crippen LogP contribution < -0.4 is 4.74 Å². The van der Waals surface area contributed by atoms with Gasteiger partial charge in [-0.3, -0.25) is 0 Å². The Hall–Kier alpha value is -4.20. The highest BCUT2D eigenvalue weighted by Gasteiger charge is 2.11. The van der Waals surface area contributed by atoms with Gasteiger partial charge in [0.25, 0.3) is 0 Å². The molecule has 0 spiro atoms. The Morgan fingerprint density at radius 3 is 1.54 bits per heavy atom. The van der Waals surface area contributed by atoms with Crippen molar-refractivity contribution in [2.75, 3.05) is 33.0 Å². The number of benzene rings is 3.